The highest BCUT2D eigenvalue weighted by Gasteiger charge is 2.50. The van der Waals surface area contributed by atoms with Gasteiger partial charge in [0.05, 0.1) is 17.7 Å². The van der Waals surface area contributed by atoms with Crippen LogP contribution >= 0.6 is 0 Å². The molecule has 1 saturated carbocycles. The van der Waals surface area contributed by atoms with Gasteiger partial charge in [-0.2, -0.15) is 0 Å². The lowest BCUT2D eigenvalue weighted by molar-refractivity contribution is -0.107. The molecule has 0 aromatic heterocycles. The first-order valence-corrected chi connectivity index (χ1v) is 8.26. The molecular formula is C16H29N3O. The smallest absolute Gasteiger partial charge is 0.192 e. The Labute approximate surface area is 122 Å². The van der Waals surface area contributed by atoms with Crippen LogP contribution in [-0.2, 0) is 4.74 Å². The van der Waals surface area contributed by atoms with Gasteiger partial charge in [0.25, 0.3) is 0 Å². The molecule has 0 bridgehead atoms. The molecule has 2 aliphatic heterocycles. The fourth-order valence-corrected chi connectivity index (χ4v) is 4.50. The van der Waals surface area contributed by atoms with Crippen molar-refractivity contribution in [3.8, 4) is 0 Å². The van der Waals surface area contributed by atoms with E-state index in [1.807, 2.05) is 0 Å². The zero-order chi connectivity index (χ0) is 14.2. The maximum absolute atomic E-state index is 6.29. The summed E-state index contributed by atoms with van der Waals surface area (Å²) in [4.78, 5) is 7.13. The Morgan fingerprint density at radius 3 is 2.55 bits per heavy atom. The van der Waals surface area contributed by atoms with E-state index in [-0.39, 0.29) is 11.1 Å². The van der Waals surface area contributed by atoms with Gasteiger partial charge in [0.1, 0.15) is 0 Å². The lowest BCUT2D eigenvalue weighted by atomic mass is 9.79. The second-order valence-electron chi connectivity index (χ2n) is 7.45. The molecule has 3 rings (SSSR count). The van der Waals surface area contributed by atoms with Gasteiger partial charge in [0, 0.05) is 19.1 Å². The van der Waals surface area contributed by atoms with Crippen molar-refractivity contribution >= 4 is 5.96 Å². The fourth-order valence-electron chi connectivity index (χ4n) is 4.50. The molecule has 1 saturated heterocycles. The number of nitrogens with zero attached hydrogens (tertiary/aromatic N) is 2. The van der Waals surface area contributed by atoms with E-state index in [1.165, 1.54) is 38.5 Å². The van der Waals surface area contributed by atoms with Crippen molar-refractivity contribution < 1.29 is 4.74 Å². The fraction of sp³-hybridized carbons (Fsp3) is 0.938. The third-order valence-corrected chi connectivity index (χ3v) is 5.30. The average Bonchev–Trinajstić information content (AvgIpc) is 2.57. The molecule has 2 fully saturated rings. The van der Waals surface area contributed by atoms with E-state index in [2.05, 4.69) is 23.7 Å². The van der Waals surface area contributed by atoms with E-state index in [9.17, 15) is 0 Å². The Morgan fingerprint density at radius 2 is 1.90 bits per heavy atom. The number of nitrogens with two attached hydrogens (primary N) is 1. The average molecular weight is 279 g/mol. The van der Waals surface area contributed by atoms with Crippen LogP contribution in [0.3, 0.4) is 0 Å². The van der Waals surface area contributed by atoms with E-state index in [0.29, 0.717) is 6.04 Å². The highest BCUT2D eigenvalue weighted by molar-refractivity contribution is 5.81. The molecule has 1 atom stereocenters. The summed E-state index contributed by atoms with van der Waals surface area (Å²) in [6.07, 6.45) is 10.1. The Morgan fingerprint density at radius 1 is 1.20 bits per heavy atom. The topological polar surface area (TPSA) is 50.9 Å². The molecule has 0 aromatic rings. The highest BCUT2D eigenvalue weighted by atomic mass is 16.5. The van der Waals surface area contributed by atoms with E-state index >= 15 is 0 Å². The molecule has 0 amide bonds. The summed E-state index contributed by atoms with van der Waals surface area (Å²) in [7, 11) is 0. The third-order valence-electron chi connectivity index (χ3n) is 5.30. The molecular weight excluding hydrogens is 250 g/mol. The summed E-state index contributed by atoms with van der Waals surface area (Å²) in [6.45, 7) is 6.10. The van der Waals surface area contributed by atoms with Gasteiger partial charge in [-0.15, -0.1) is 0 Å². The van der Waals surface area contributed by atoms with Crippen LogP contribution in [-0.4, -0.2) is 41.2 Å². The Bertz CT molecular complexity index is 385. The van der Waals surface area contributed by atoms with Crippen LogP contribution < -0.4 is 5.73 Å². The van der Waals surface area contributed by atoms with Gasteiger partial charge in [0.2, 0.25) is 0 Å². The second-order valence-corrected chi connectivity index (χ2v) is 7.45. The zero-order valence-electron chi connectivity index (χ0n) is 13.0. The van der Waals surface area contributed by atoms with Crippen LogP contribution in [0.4, 0.5) is 0 Å². The maximum Gasteiger partial charge on any atom is 0.192 e. The van der Waals surface area contributed by atoms with E-state index in [0.717, 1.165) is 32.0 Å². The molecule has 114 valence electrons. The number of aliphatic imine (C=N–C) groups is 1. The first-order chi connectivity index (χ1) is 9.53. The van der Waals surface area contributed by atoms with Crippen molar-refractivity contribution in [2.24, 2.45) is 10.7 Å². The minimum absolute atomic E-state index is 0.0542. The van der Waals surface area contributed by atoms with Crippen molar-refractivity contribution in [1.29, 1.82) is 0 Å². The normalized spacial score (nSPS) is 35.1. The van der Waals surface area contributed by atoms with E-state index < -0.39 is 0 Å². The highest BCUT2D eigenvalue weighted by Crippen LogP contribution is 2.42. The van der Waals surface area contributed by atoms with Gasteiger partial charge in [-0.1, -0.05) is 25.7 Å². The molecule has 0 aromatic carbocycles. The first kappa shape index (κ1) is 14.2. The summed E-state index contributed by atoms with van der Waals surface area (Å²) >= 11 is 0. The van der Waals surface area contributed by atoms with Gasteiger partial charge >= 0.3 is 0 Å². The lowest BCUT2D eigenvalue weighted by Crippen LogP contribution is -2.61. The van der Waals surface area contributed by atoms with Crippen LogP contribution in [0.25, 0.3) is 0 Å². The third kappa shape index (κ3) is 2.54. The molecule has 20 heavy (non-hydrogen) atoms. The van der Waals surface area contributed by atoms with Crippen LogP contribution in [0.2, 0.25) is 0 Å². The van der Waals surface area contributed by atoms with E-state index in [4.69, 9.17) is 10.5 Å². The molecule has 2 heterocycles. The maximum atomic E-state index is 6.29. The SMILES string of the molecule is CC1(C)CC2(CCO1)CN=C(N)N2C1CCCCCC1. The van der Waals surface area contributed by atoms with Gasteiger partial charge in [0.15, 0.2) is 5.96 Å². The predicted octanol–water partition coefficient (Wildman–Crippen LogP) is 2.67. The van der Waals surface area contributed by atoms with E-state index in [1.54, 1.807) is 0 Å². The van der Waals surface area contributed by atoms with Crippen molar-refractivity contribution in [2.45, 2.75) is 82.4 Å². The van der Waals surface area contributed by atoms with Crippen LogP contribution in [0.15, 0.2) is 4.99 Å². The quantitative estimate of drug-likeness (QED) is 0.751. The summed E-state index contributed by atoms with van der Waals surface area (Å²) < 4.78 is 5.93. The molecule has 3 aliphatic rings. The number of guanidine groups is 1. The summed E-state index contributed by atoms with van der Waals surface area (Å²) in [5.74, 6) is 0.787. The second kappa shape index (κ2) is 5.21. The molecule has 4 nitrogen and oxygen atoms in total. The molecule has 4 heteroatoms. The Hall–Kier alpha value is -0.770. The molecule has 1 aliphatic carbocycles. The molecule has 1 spiro atoms. The number of hydrogen-bond donors (Lipinski definition) is 1. The van der Waals surface area contributed by atoms with Crippen molar-refractivity contribution in [3.05, 3.63) is 0 Å². The summed E-state index contributed by atoms with van der Waals surface area (Å²) in [6, 6.07) is 0.595. The lowest BCUT2D eigenvalue weighted by Gasteiger charge is -2.50. The standard InChI is InChI=1S/C16H29N3O/c1-15(2)11-16(9-10-20-15)12-18-14(17)19(16)13-7-5-3-4-6-8-13/h13H,3-12H2,1-2H3,(H2,17,18). The minimum Gasteiger partial charge on any atom is -0.375 e. The van der Waals surface area contributed by atoms with Gasteiger partial charge in [-0.05, 0) is 33.1 Å². The summed E-state index contributed by atoms with van der Waals surface area (Å²) in [5, 5.41) is 0. The first-order valence-electron chi connectivity index (χ1n) is 8.26. The van der Waals surface area contributed by atoms with Crippen LogP contribution in [0, 0.1) is 0 Å². The minimum atomic E-state index is -0.0542. The zero-order valence-corrected chi connectivity index (χ0v) is 13.0. The monoisotopic (exact) mass is 279 g/mol. The summed E-state index contributed by atoms with van der Waals surface area (Å²) in [5.41, 5.74) is 6.36. The molecule has 0 radical (unpaired) electrons. The van der Waals surface area contributed by atoms with Crippen molar-refractivity contribution in [3.63, 3.8) is 0 Å². The van der Waals surface area contributed by atoms with Gasteiger partial charge < -0.3 is 15.4 Å². The Balaban J connectivity index is 1.83. The Kier molecular flexibility index (Phi) is 3.69. The largest absolute Gasteiger partial charge is 0.375 e. The van der Waals surface area contributed by atoms with Crippen LogP contribution in [0.1, 0.15) is 65.2 Å². The van der Waals surface area contributed by atoms with Gasteiger partial charge in [-0.3, -0.25) is 4.99 Å². The predicted molar refractivity (Wildman–Crippen MR) is 81.8 cm³/mol. The molecule has 1 unspecified atom stereocenters. The molecule has 2 N–H and O–H groups in total. The number of hydrogen-bond acceptors (Lipinski definition) is 4. The van der Waals surface area contributed by atoms with Crippen molar-refractivity contribution in [1.82, 2.24) is 4.90 Å². The van der Waals surface area contributed by atoms with Crippen molar-refractivity contribution in [2.75, 3.05) is 13.2 Å². The van der Waals surface area contributed by atoms with Gasteiger partial charge in [-0.25, -0.2) is 0 Å². The van der Waals surface area contributed by atoms with Crippen LogP contribution in [0.5, 0.6) is 0 Å². The number of ether oxygens (including phenoxy) is 1. The number of rotatable bonds is 1.